The van der Waals surface area contributed by atoms with Crippen molar-refractivity contribution in [2.24, 2.45) is 0 Å². The van der Waals surface area contributed by atoms with E-state index in [1.165, 1.54) is 11.3 Å². The van der Waals surface area contributed by atoms with Crippen LogP contribution in [0.25, 0.3) is 0 Å². The van der Waals surface area contributed by atoms with Crippen LogP contribution in [0.15, 0.2) is 23.6 Å². The van der Waals surface area contributed by atoms with E-state index in [1.54, 1.807) is 10.3 Å². The Kier molecular flexibility index (Phi) is 5.75. The molecule has 0 atom stereocenters. The van der Waals surface area contributed by atoms with E-state index in [9.17, 15) is 9.59 Å². The summed E-state index contributed by atoms with van der Waals surface area (Å²) >= 11 is 7.38. The van der Waals surface area contributed by atoms with Gasteiger partial charge in [0.05, 0.1) is 6.54 Å². The number of hydrogen-bond donors (Lipinski definition) is 2. The van der Waals surface area contributed by atoms with Gasteiger partial charge in [0.15, 0.2) is 5.13 Å². The van der Waals surface area contributed by atoms with Crippen LogP contribution in [-0.2, 0) is 4.79 Å². The third-order valence-electron chi connectivity index (χ3n) is 4.18. The molecule has 3 rings (SSSR count). The van der Waals surface area contributed by atoms with Crippen LogP contribution in [0.4, 0.5) is 10.8 Å². The lowest BCUT2D eigenvalue weighted by Crippen LogP contribution is -2.49. The number of anilines is 2. The molecule has 7 nitrogen and oxygen atoms in total. The summed E-state index contributed by atoms with van der Waals surface area (Å²) in [6.07, 6.45) is 0. The number of piperazine rings is 1. The average Bonchev–Trinajstić information content (AvgIpc) is 3.06. The number of halogens is 1. The number of carboxylic acids is 1. The van der Waals surface area contributed by atoms with Crippen molar-refractivity contribution in [3.8, 4) is 0 Å². The van der Waals surface area contributed by atoms with Gasteiger partial charge in [-0.3, -0.25) is 14.5 Å². The number of carbonyl (C=O) groups excluding carboxylic acids is 1. The van der Waals surface area contributed by atoms with Crippen LogP contribution in [0, 0.1) is 6.92 Å². The summed E-state index contributed by atoms with van der Waals surface area (Å²) < 4.78 is 0. The fourth-order valence-corrected chi connectivity index (χ4v) is 3.60. The zero-order chi connectivity index (χ0) is 18.7. The van der Waals surface area contributed by atoms with Crippen LogP contribution >= 0.6 is 22.9 Å². The molecule has 0 radical (unpaired) electrons. The number of nitrogens with zero attached hydrogens (tertiary/aromatic N) is 3. The van der Waals surface area contributed by atoms with Crippen molar-refractivity contribution < 1.29 is 14.7 Å². The molecule has 2 N–H and O–H groups in total. The Labute approximate surface area is 160 Å². The Morgan fingerprint density at radius 1 is 1.31 bits per heavy atom. The number of nitrogens with one attached hydrogen (secondary N) is 1. The molecule has 0 bridgehead atoms. The molecule has 1 fully saturated rings. The van der Waals surface area contributed by atoms with E-state index in [0.717, 1.165) is 11.3 Å². The number of benzene rings is 1. The number of aliphatic carboxylic acids is 1. The first-order chi connectivity index (χ1) is 12.4. The number of thiazole rings is 1. The van der Waals surface area contributed by atoms with Gasteiger partial charge in [-0.2, -0.15) is 0 Å². The van der Waals surface area contributed by atoms with Gasteiger partial charge in [-0.05, 0) is 24.6 Å². The maximum atomic E-state index is 12.6. The first-order valence-electron chi connectivity index (χ1n) is 8.14. The molecule has 1 saturated heterocycles. The number of amides is 1. The largest absolute Gasteiger partial charge is 0.480 e. The minimum Gasteiger partial charge on any atom is -0.480 e. The number of rotatable bonds is 5. The topological polar surface area (TPSA) is 85.8 Å². The smallest absolute Gasteiger partial charge is 0.317 e. The molecule has 0 spiro atoms. The van der Waals surface area contributed by atoms with Crippen LogP contribution in [0.2, 0.25) is 5.02 Å². The minimum absolute atomic E-state index is 0.00574. The first kappa shape index (κ1) is 18.6. The highest BCUT2D eigenvalue weighted by atomic mass is 35.5. The number of carbonyl (C=O) groups is 2. The van der Waals surface area contributed by atoms with Gasteiger partial charge in [-0.1, -0.05) is 17.7 Å². The molecule has 0 saturated carbocycles. The molecule has 1 aromatic carbocycles. The second kappa shape index (κ2) is 8.03. The number of aromatic nitrogens is 1. The van der Waals surface area contributed by atoms with Crippen LogP contribution in [0.1, 0.15) is 16.1 Å². The lowest BCUT2D eigenvalue weighted by Gasteiger charge is -2.33. The van der Waals surface area contributed by atoms with Gasteiger partial charge in [-0.15, -0.1) is 11.3 Å². The Morgan fingerprint density at radius 2 is 2.04 bits per heavy atom. The molecule has 0 unspecified atom stereocenters. The molecule has 2 aromatic rings. The fraction of sp³-hybridized carbons (Fsp3) is 0.353. The summed E-state index contributed by atoms with van der Waals surface area (Å²) in [7, 11) is 0. The molecule has 2 heterocycles. The zero-order valence-corrected chi connectivity index (χ0v) is 15.8. The van der Waals surface area contributed by atoms with Crippen LogP contribution in [0.5, 0.6) is 0 Å². The summed E-state index contributed by atoms with van der Waals surface area (Å²) in [5.41, 5.74) is 2.28. The Bertz CT molecular complexity index is 818. The maximum Gasteiger partial charge on any atom is 0.317 e. The number of hydrogen-bond acceptors (Lipinski definition) is 6. The summed E-state index contributed by atoms with van der Waals surface area (Å²) in [6.45, 7) is 4.07. The van der Waals surface area contributed by atoms with Crippen molar-refractivity contribution in [1.29, 1.82) is 0 Å². The monoisotopic (exact) mass is 394 g/mol. The molecule has 1 aromatic heterocycles. The Balaban J connectivity index is 1.62. The highest BCUT2D eigenvalue weighted by Crippen LogP contribution is 2.26. The molecule has 1 amide bonds. The van der Waals surface area contributed by atoms with Crippen LogP contribution < -0.4 is 5.32 Å². The van der Waals surface area contributed by atoms with Gasteiger partial charge < -0.3 is 15.3 Å². The summed E-state index contributed by atoms with van der Waals surface area (Å²) in [5.74, 6) is -0.983. The van der Waals surface area contributed by atoms with E-state index in [0.29, 0.717) is 42.0 Å². The van der Waals surface area contributed by atoms with Crippen molar-refractivity contribution in [2.75, 3.05) is 38.0 Å². The highest BCUT2D eigenvalue weighted by Gasteiger charge is 2.24. The standard InChI is InChI=1S/C17H19ClN4O3S/c1-11-2-3-12(18)8-13(11)19-17-20-14(10-26-17)16(25)22-6-4-21(5-7-22)9-15(23)24/h2-3,8,10H,4-7,9H2,1H3,(H,19,20)(H,23,24). The predicted octanol–water partition coefficient (Wildman–Crippen LogP) is 2.69. The third kappa shape index (κ3) is 4.51. The van der Waals surface area contributed by atoms with Gasteiger partial charge in [0.25, 0.3) is 5.91 Å². The van der Waals surface area contributed by atoms with Crippen molar-refractivity contribution in [3.05, 3.63) is 39.9 Å². The van der Waals surface area contributed by atoms with Gasteiger partial charge in [0.2, 0.25) is 0 Å². The SMILES string of the molecule is Cc1ccc(Cl)cc1Nc1nc(C(=O)N2CCN(CC(=O)O)CC2)cs1. The van der Waals surface area contributed by atoms with Crippen LogP contribution in [-0.4, -0.2) is 64.5 Å². The zero-order valence-electron chi connectivity index (χ0n) is 14.2. The van der Waals surface area contributed by atoms with E-state index in [1.807, 2.05) is 30.0 Å². The van der Waals surface area contributed by atoms with Gasteiger partial charge >= 0.3 is 5.97 Å². The fourth-order valence-electron chi connectivity index (χ4n) is 2.74. The minimum atomic E-state index is -0.851. The van der Waals surface area contributed by atoms with Crippen LogP contribution in [0.3, 0.4) is 0 Å². The van der Waals surface area contributed by atoms with Gasteiger partial charge in [-0.25, -0.2) is 4.98 Å². The Morgan fingerprint density at radius 3 is 2.73 bits per heavy atom. The summed E-state index contributed by atoms with van der Waals surface area (Å²) in [6, 6.07) is 5.56. The average molecular weight is 395 g/mol. The molecular formula is C17H19ClN4O3S. The molecule has 1 aliphatic heterocycles. The lowest BCUT2D eigenvalue weighted by atomic mass is 10.2. The summed E-state index contributed by atoms with van der Waals surface area (Å²) in [5, 5.41) is 15.0. The van der Waals surface area contributed by atoms with Crippen molar-refractivity contribution >= 4 is 45.6 Å². The molecular weight excluding hydrogens is 376 g/mol. The first-order valence-corrected chi connectivity index (χ1v) is 9.40. The molecule has 0 aliphatic carbocycles. The number of aryl methyl sites for hydroxylation is 1. The molecule has 9 heteroatoms. The summed E-state index contributed by atoms with van der Waals surface area (Å²) in [4.78, 5) is 31.3. The molecule has 138 valence electrons. The van der Waals surface area contributed by atoms with E-state index in [-0.39, 0.29) is 12.5 Å². The predicted molar refractivity (Wildman–Crippen MR) is 102 cm³/mol. The molecule has 1 aliphatic rings. The van der Waals surface area contributed by atoms with E-state index >= 15 is 0 Å². The van der Waals surface area contributed by atoms with Gasteiger partial charge in [0.1, 0.15) is 5.69 Å². The third-order valence-corrected chi connectivity index (χ3v) is 5.18. The second-order valence-corrected chi connectivity index (χ2v) is 7.38. The molecule has 26 heavy (non-hydrogen) atoms. The van der Waals surface area contributed by atoms with E-state index in [2.05, 4.69) is 10.3 Å². The van der Waals surface area contributed by atoms with E-state index < -0.39 is 5.97 Å². The van der Waals surface area contributed by atoms with E-state index in [4.69, 9.17) is 16.7 Å². The number of carboxylic acid groups (broad SMARTS) is 1. The highest BCUT2D eigenvalue weighted by molar-refractivity contribution is 7.14. The van der Waals surface area contributed by atoms with Crippen molar-refractivity contribution in [3.63, 3.8) is 0 Å². The lowest BCUT2D eigenvalue weighted by molar-refractivity contribution is -0.138. The second-order valence-electron chi connectivity index (χ2n) is 6.08. The van der Waals surface area contributed by atoms with Gasteiger partial charge in [0, 0.05) is 42.3 Å². The van der Waals surface area contributed by atoms with Crippen molar-refractivity contribution in [1.82, 2.24) is 14.8 Å². The Hall–Kier alpha value is -2.16. The quantitative estimate of drug-likeness (QED) is 0.810. The normalized spacial score (nSPS) is 15.1. The van der Waals surface area contributed by atoms with Crippen molar-refractivity contribution in [2.45, 2.75) is 6.92 Å². The maximum absolute atomic E-state index is 12.6.